The fraction of sp³-hybridized carbons (Fsp3) is 0.522. The zero-order valence-corrected chi connectivity index (χ0v) is 17.2. The van der Waals surface area contributed by atoms with Crippen LogP contribution < -0.4 is 0 Å². The zero-order chi connectivity index (χ0) is 20.3. The van der Waals surface area contributed by atoms with Crippen LogP contribution in [0.2, 0.25) is 0 Å². The van der Waals surface area contributed by atoms with Crippen LogP contribution in [0, 0.1) is 12.3 Å². The van der Waals surface area contributed by atoms with E-state index in [1.807, 2.05) is 28.1 Å². The van der Waals surface area contributed by atoms with Gasteiger partial charge in [-0.3, -0.25) is 9.59 Å². The fourth-order valence-corrected chi connectivity index (χ4v) is 4.85. The summed E-state index contributed by atoms with van der Waals surface area (Å²) < 4.78 is 0. The molecule has 6 heteroatoms. The summed E-state index contributed by atoms with van der Waals surface area (Å²) in [5, 5.41) is 0. The number of aromatic amines is 1. The maximum atomic E-state index is 13.0. The van der Waals surface area contributed by atoms with Crippen molar-refractivity contribution < 1.29 is 9.59 Å². The number of nitrogens with one attached hydrogen (secondary N) is 1. The first-order chi connectivity index (χ1) is 14.0. The molecule has 2 saturated heterocycles. The molecule has 2 fully saturated rings. The second-order valence-electron chi connectivity index (χ2n) is 8.73. The van der Waals surface area contributed by atoms with E-state index in [1.165, 1.54) is 5.56 Å². The molecule has 1 atom stereocenters. The lowest BCUT2D eigenvalue weighted by atomic mass is 9.73. The summed E-state index contributed by atoms with van der Waals surface area (Å²) in [5.74, 6) is 0.439. The Balaban J connectivity index is 1.39. The third-order valence-electron chi connectivity index (χ3n) is 6.41. The number of hydrogen-bond donors (Lipinski definition) is 1. The normalized spacial score (nSPS) is 22.3. The Labute approximate surface area is 172 Å². The highest BCUT2D eigenvalue weighted by atomic mass is 16.2. The number of carbonyl (C=O) groups excluding carboxylic acids is 2. The molecule has 6 nitrogen and oxygen atoms in total. The Morgan fingerprint density at radius 1 is 1.28 bits per heavy atom. The van der Waals surface area contributed by atoms with Gasteiger partial charge in [0.05, 0.1) is 12.7 Å². The largest absolute Gasteiger partial charge is 0.348 e. The van der Waals surface area contributed by atoms with Crippen LogP contribution in [0.3, 0.4) is 0 Å². The summed E-state index contributed by atoms with van der Waals surface area (Å²) in [4.78, 5) is 36.7. The molecule has 2 aliphatic heterocycles. The number of nitrogens with zero attached hydrogens (tertiary/aromatic N) is 3. The predicted molar refractivity (Wildman–Crippen MR) is 111 cm³/mol. The van der Waals surface area contributed by atoms with E-state index >= 15 is 0 Å². The molecular weight excluding hydrogens is 364 g/mol. The molecule has 1 N–H and O–H groups in total. The fourth-order valence-electron chi connectivity index (χ4n) is 4.85. The number of benzene rings is 1. The molecule has 4 rings (SSSR count). The van der Waals surface area contributed by atoms with E-state index in [-0.39, 0.29) is 17.2 Å². The van der Waals surface area contributed by atoms with Gasteiger partial charge in [-0.15, -0.1) is 0 Å². The third-order valence-corrected chi connectivity index (χ3v) is 6.41. The Hall–Kier alpha value is -2.63. The van der Waals surface area contributed by atoms with Crippen LogP contribution in [0.1, 0.15) is 42.5 Å². The van der Waals surface area contributed by atoms with E-state index in [0.717, 1.165) is 56.6 Å². The van der Waals surface area contributed by atoms with Gasteiger partial charge in [0.2, 0.25) is 11.8 Å². The Kier molecular flexibility index (Phi) is 5.69. The average molecular weight is 395 g/mol. The lowest BCUT2D eigenvalue weighted by Gasteiger charge is -2.48. The highest BCUT2D eigenvalue weighted by molar-refractivity contribution is 5.79. The van der Waals surface area contributed by atoms with Gasteiger partial charge in [0.1, 0.15) is 0 Å². The van der Waals surface area contributed by atoms with Crippen LogP contribution in [0.15, 0.2) is 36.8 Å². The van der Waals surface area contributed by atoms with Crippen molar-refractivity contribution in [1.82, 2.24) is 19.8 Å². The van der Waals surface area contributed by atoms with Crippen molar-refractivity contribution in [2.24, 2.45) is 5.41 Å². The first-order valence-corrected chi connectivity index (χ1v) is 10.6. The number of carbonyl (C=O) groups is 2. The minimum atomic E-state index is 0.0441. The molecule has 2 amide bonds. The maximum absolute atomic E-state index is 13.0. The molecule has 0 saturated carbocycles. The molecule has 29 heavy (non-hydrogen) atoms. The standard InChI is InChI=1S/C23H30N4O2/c1-18-4-2-5-19(12-18)13-22(29)26-10-3-8-23(15-26)9-6-21(28)27(16-23)11-7-20-14-24-17-25-20/h2,4-5,12,14,17H,3,6-11,13,15-16H2,1H3,(H,24,25)/t23-/m0/s1. The first kappa shape index (κ1) is 19.7. The monoisotopic (exact) mass is 394 g/mol. The van der Waals surface area contributed by atoms with E-state index in [4.69, 9.17) is 0 Å². The number of piperidine rings is 2. The van der Waals surface area contributed by atoms with Gasteiger partial charge in [0.25, 0.3) is 0 Å². The van der Waals surface area contributed by atoms with Crippen LogP contribution >= 0.6 is 0 Å². The summed E-state index contributed by atoms with van der Waals surface area (Å²) in [5.41, 5.74) is 3.36. The number of likely N-dealkylation sites (tertiary alicyclic amines) is 2. The van der Waals surface area contributed by atoms with Gasteiger partial charge in [-0.25, -0.2) is 4.98 Å². The second-order valence-corrected chi connectivity index (χ2v) is 8.73. The average Bonchev–Trinajstić information content (AvgIpc) is 3.23. The number of rotatable bonds is 5. The zero-order valence-electron chi connectivity index (χ0n) is 17.2. The van der Waals surface area contributed by atoms with Crippen molar-refractivity contribution in [2.45, 2.75) is 45.4 Å². The smallest absolute Gasteiger partial charge is 0.227 e. The topological polar surface area (TPSA) is 69.3 Å². The molecule has 0 radical (unpaired) electrons. The number of amides is 2. The highest BCUT2D eigenvalue weighted by Crippen LogP contribution is 2.39. The van der Waals surface area contributed by atoms with Crippen LogP contribution in [0.5, 0.6) is 0 Å². The van der Waals surface area contributed by atoms with Gasteiger partial charge in [-0.1, -0.05) is 29.8 Å². The molecule has 0 unspecified atom stereocenters. The Morgan fingerprint density at radius 3 is 2.97 bits per heavy atom. The van der Waals surface area contributed by atoms with Gasteiger partial charge >= 0.3 is 0 Å². The van der Waals surface area contributed by atoms with E-state index in [0.29, 0.717) is 19.4 Å². The molecule has 154 valence electrons. The summed E-state index contributed by atoms with van der Waals surface area (Å²) in [6.07, 6.45) is 8.32. The van der Waals surface area contributed by atoms with E-state index < -0.39 is 0 Å². The highest BCUT2D eigenvalue weighted by Gasteiger charge is 2.42. The van der Waals surface area contributed by atoms with E-state index in [1.54, 1.807) is 6.33 Å². The quantitative estimate of drug-likeness (QED) is 0.848. The van der Waals surface area contributed by atoms with Crippen molar-refractivity contribution in [2.75, 3.05) is 26.2 Å². The van der Waals surface area contributed by atoms with Crippen molar-refractivity contribution in [3.8, 4) is 0 Å². The second kappa shape index (κ2) is 8.39. The molecule has 1 spiro atoms. The summed E-state index contributed by atoms with van der Waals surface area (Å²) >= 11 is 0. The number of imidazole rings is 1. The molecule has 0 aliphatic carbocycles. The molecule has 3 heterocycles. The minimum absolute atomic E-state index is 0.0441. The Bertz CT molecular complexity index is 864. The molecular formula is C23H30N4O2. The Morgan fingerprint density at radius 2 is 2.17 bits per heavy atom. The van der Waals surface area contributed by atoms with Crippen LogP contribution in [-0.2, 0) is 22.4 Å². The van der Waals surface area contributed by atoms with Crippen LogP contribution in [0.25, 0.3) is 0 Å². The predicted octanol–water partition coefficient (Wildman–Crippen LogP) is 2.73. The van der Waals surface area contributed by atoms with Gasteiger partial charge in [-0.2, -0.15) is 0 Å². The van der Waals surface area contributed by atoms with Crippen molar-refractivity contribution in [1.29, 1.82) is 0 Å². The summed E-state index contributed by atoms with van der Waals surface area (Å²) in [7, 11) is 0. The van der Waals surface area contributed by atoms with Crippen molar-refractivity contribution >= 4 is 11.8 Å². The number of aromatic nitrogens is 2. The minimum Gasteiger partial charge on any atom is -0.348 e. The lowest BCUT2D eigenvalue weighted by Crippen LogP contribution is -2.55. The number of aryl methyl sites for hydroxylation is 1. The summed E-state index contributed by atoms with van der Waals surface area (Å²) in [6, 6.07) is 8.19. The summed E-state index contributed by atoms with van der Waals surface area (Å²) in [6.45, 7) is 5.12. The number of hydrogen-bond acceptors (Lipinski definition) is 3. The van der Waals surface area contributed by atoms with Crippen LogP contribution in [-0.4, -0.2) is 57.8 Å². The SMILES string of the molecule is Cc1cccc(CC(=O)N2CCC[C@]3(CCC(=O)N(CCc4cnc[nH]4)C3)C2)c1. The van der Waals surface area contributed by atoms with Gasteiger partial charge in [0, 0.05) is 56.3 Å². The first-order valence-electron chi connectivity index (χ1n) is 10.6. The van der Waals surface area contributed by atoms with Crippen LogP contribution in [0.4, 0.5) is 0 Å². The molecule has 0 bridgehead atoms. The molecule has 2 aliphatic rings. The molecule has 1 aromatic heterocycles. The number of H-pyrrole nitrogens is 1. The van der Waals surface area contributed by atoms with Crippen molar-refractivity contribution in [3.05, 3.63) is 53.6 Å². The molecule has 1 aromatic carbocycles. The van der Waals surface area contributed by atoms with Gasteiger partial charge < -0.3 is 14.8 Å². The lowest BCUT2D eigenvalue weighted by molar-refractivity contribution is -0.142. The third kappa shape index (κ3) is 4.69. The maximum Gasteiger partial charge on any atom is 0.227 e. The molecule has 2 aromatic rings. The van der Waals surface area contributed by atoms with Gasteiger partial charge in [-0.05, 0) is 31.7 Å². The van der Waals surface area contributed by atoms with E-state index in [2.05, 4.69) is 29.0 Å². The van der Waals surface area contributed by atoms with E-state index in [9.17, 15) is 9.59 Å². The van der Waals surface area contributed by atoms with Gasteiger partial charge in [0.15, 0.2) is 0 Å². The van der Waals surface area contributed by atoms with Crippen molar-refractivity contribution in [3.63, 3.8) is 0 Å².